The number of nitrogens with zero attached hydrogens (tertiary/aromatic N) is 3. The van der Waals surface area contributed by atoms with E-state index in [0.29, 0.717) is 0 Å². The predicted molar refractivity (Wildman–Crippen MR) is 329 cm³/mol. The molecule has 14 aromatic rings. The van der Waals surface area contributed by atoms with Gasteiger partial charge in [-0.3, -0.25) is 0 Å². The Kier molecular flexibility index (Phi) is 10.6. The Morgan fingerprint density at radius 2 is 0.641 bits per heavy atom. The molecule has 1 aliphatic rings. The van der Waals surface area contributed by atoms with Gasteiger partial charge in [-0.15, -0.1) is 0 Å². The molecule has 0 radical (unpaired) electrons. The van der Waals surface area contributed by atoms with E-state index in [-0.39, 0.29) is 5.41 Å². The molecular formula is C75H53N3. The zero-order chi connectivity index (χ0) is 51.9. The van der Waals surface area contributed by atoms with Gasteiger partial charge in [0.1, 0.15) is 0 Å². The highest BCUT2D eigenvalue weighted by atomic mass is 15.1. The fourth-order valence-electron chi connectivity index (χ4n) is 12.7. The third-order valence-corrected chi connectivity index (χ3v) is 16.5. The first-order valence-electron chi connectivity index (χ1n) is 27.1. The number of anilines is 3. The van der Waals surface area contributed by atoms with Gasteiger partial charge in [0.2, 0.25) is 0 Å². The number of benzene rings is 12. The van der Waals surface area contributed by atoms with Gasteiger partial charge in [-0.2, -0.15) is 0 Å². The van der Waals surface area contributed by atoms with E-state index in [1.54, 1.807) is 0 Å². The fraction of sp³-hybridized carbons (Fsp3) is 0.0400. The van der Waals surface area contributed by atoms with Crippen LogP contribution in [0.4, 0.5) is 17.1 Å². The second-order valence-corrected chi connectivity index (χ2v) is 21.3. The highest BCUT2D eigenvalue weighted by Crippen LogP contribution is 2.51. The van der Waals surface area contributed by atoms with Crippen molar-refractivity contribution in [3.05, 3.63) is 296 Å². The van der Waals surface area contributed by atoms with Crippen LogP contribution in [0.5, 0.6) is 0 Å². The normalized spacial score (nSPS) is 12.6. The number of hydrogen-bond donors (Lipinski definition) is 0. The Balaban J connectivity index is 0.886. The van der Waals surface area contributed by atoms with Crippen LogP contribution in [0.25, 0.3) is 111 Å². The summed E-state index contributed by atoms with van der Waals surface area (Å²) in [6.07, 6.45) is 0. The molecule has 12 aromatic carbocycles. The van der Waals surface area contributed by atoms with Gasteiger partial charge in [-0.25, -0.2) is 0 Å². The van der Waals surface area contributed by atoms with Gasteiger partial charge in [0, 0.05) is 55.4 Å². The van der Waals surface area contributed by atoms with Gasteiger partial charge in [-0.1, -0.05) is 184 Å². The lowest BCUT2D eigenvalue weighted by molar-refractivity contribution is 0.660. The largest absolute Gasteiger partial charge is 0.310 e. The van der Waals surface area contributed by atoms with E-state index in [4.69, 9.17) is 0 Å². The second-order valence-electron chi connectivity index (χ2n) is 21.3. The first-order chi connectivity index (χ1) is 38.4. The third-order valence-electron chi connectivity index (χ3n) is 16.5. The average Bonchev–Trinajstić information content (AvgIpc) is 4.32. The maximum atomic E-state index is 2.42. The van der Waals surface area contributed by atoms with Crippen molar-refractivity contribution in [2.45, 2.75) is 19.3 Å². The van der Waals surface area contributed by atoms with E-state index >= 15 is 0 Å². The number of aromatic nitrogens is 2. The fourth-order valence-corrected chi connectivity index (χ4v) is 12.7. The van der Waals surface area contributed by atoms with Crippen LogP contribution in [0.1, 0.15) is 25.0 Å². The summed E-state index contributed by atoms with van der Waals surface area (Å²) in [6.45, 7) is 4.72. The summed E-state index contributed by atoms with van der Waals surface area (Å²) in [6, 6.07) is 105. The molecular weight excluding hydrogens is 943 g/mol. The summed E-state index contributed by atoms with van der Waals surface area (Å²) < 4.78 is 4.78. The maximum Gasteiger partial charge on any atom is 0.0541 e. The molecule has 0 bridgehead atoms. The Hall–Kier alpha value is -9.96. The third kappa shape index (κ3) is 7.42. The molecule has 0 N–H and O–H groups in total. The number of para-hydroxylation sites is 4. The first kappa shape index (κ1) is 45.4. The number of fused-ring (bicyclic) bond motifs is 9. The standard InChI is InChI=1S/C75H53N3/c1-75(2)69-27-15-12-24-63(69)64-41-40-62(49-70(64)75)76(60-36-30-51(31-37-60)50-18-6-3-7-19-50)61-38-32-52(33-39-61)55-44-56(53-34-42-73-67(47-53)65-25-13-16-28-71(65)77(73)58-20-8-4-9-21-58)46-57(45-55)54-35-43-74-68(48-54)66-26-14-17-29-72(66)78(74)59-22-10-5-11-23-59/h3-49H,1-2H3. The van der Waals surface area contributed by atoms with Crippen molar-refractivity contribution < 1.29 is 0 Å². The van der Waals surface area contributed by atoms with Crippen LogP contribution in [0.2, 0.25) is 0 Å². The van der Waals surface area contributed by atoms with Gasteiger partial charge in [0.15, 0.2) is 0 Å². The van der Waals surface area contributed by atoms with Crippen LogP contribution >= 0.6 is 0 Å². The molecule has 1 aliphatic carbocycles. The van der Waals surface area contributed by atoms with Crippen LogP contribution in [0.3, 0.4) is 0 Å². The van der Waals surface area contributed by atoms with Crippen molar-refractivity contribution in [1.82, 2.24) is 9.13 Å². The van der Waals surface area contributed by atoms with Crippen LogP contribution in [0.15, 0.2) is 285 Å². The average molecular weight is 996 g/mol. The Morgan fingerprint density at radius 3 is 1.18 bits per heavy atom. The first-order valence-corrected chi connectivity index (χ1v) is 27.1. The van der Waals surface area contributed by atoms with E-state index in [1.165, 1.54) is 99.2 Å². The summed E-state index contributed by atoms with van der Waals surface area (Å²) in [5.74, 6) is 0. The Labute approximate surface area is 454 Å². The van der Waals surface area contributed by atoms with E-state index < -0.39 is 0 Å². The highest BCUT2D eigenvalue weighted by molar-refractivity contribution is 6.12. The smallest absolute Gasteiger partial charge is 0.0541 e. The lowest BCUT2D eigenvalue weighted by atomic mass is 9.82. The zero-order valence-corrected chi connectivity index (χ0v) is 43.5. The number of hydrogen-bond acceptors (Lipinski definition) is 1. The van der Waals surface area contributed by atoms with Crippen molar-refractivity contribution in [2.75, 3.05) is 4.90 Å². The summed E-state index contributed by atoms with van der Waals surface area (Å²) in [7, 11) is 0. The lowest BCUT2D eigenvalue weighted by Crippen LogP contribution is -2.16. The summed E-state index contributed by atoms with van der Waals surface area (Å²) >= 11 is 0. The maximum absolute atomic E-state index is 2.42. The molecule has 0 amide bonds. The van der Waals surface area contributed by atoms with Crippen molar-refractivity contribution in [3.63, 3.8) is 0 Å². The minimum atomic E-state index is -0.135. The molecule has 0 atom stereocenters. The molecule has 0 saturated heterocycles. The molecule has 0 saturated carbocycles. The molecule has 0 spiro atoms. The van der Waals surface area contributed by atoms with Crippen molar-refractivity contribution in [3.8, 4) is 67.0 Å². The predicted octanol–water partition coefficient (Wildman–Crippen LogP) is 20.3. The monoisotopic (exact) mass is 995 g/mol. The molecule has 368 valence electrons. The highest BCUT2D eigenvalue weighted by Gasteiger charge is 2.36. The molecule has 2 aromatic heterocycles. The van der Waals surface area contributed by atoms with Gasteiger partial charge in [-0.05, 0) is 182 Å². The van der Waals surface area contributed by atoms with E-state index in [2.05, 4.69) is 313 Å². The Bertz CT molecular complexity index is 4430. The zero-order valence-electron chi connectivity index (χ0n) is 43.5. The van der Waals surface area contributed by atoms with E-state index in [0.717, 1.165) is 39.6 Å². The molecule has 0 fully saturated rings. The minimum Gasteiger partial charge on any atom is -0.310 e. The molecule has 15 rings (SSSR count). The molecule has 0 unspecified atom stereocenters. The SMILES string of the molecule is CC1(C)c2ccccc2-c2ccc(N(c3ccc(-c4ccccc4)cc3)c3ccc(-c4cc(-c5ccc6c(c5)c5ccccc5n6-c5ccccc5)cc(-c5ccc6c(c5)c5ccccc5n6-c5ccccc5)c4)cc3)cc21. The van der Waals surface area contributed by atoms with Crippen LogP contribution < -0.4 is 4.90 Å². The van der Waals surface area contributed by atoms with E-state index in [1.807, 2.05) is 0 Å². The van der Waals surface area contributed by atoms with Crippen LogP contribution in [0, 0.1) is 0 Å². The molecule has 3 heteroatoms. The van der Waals surface area contributed by atoms with Crippen molar-refractivity contribution in [2.24, 2.45) is 0 Å². The topological polar surface area (TPSA) is 13.1 Å². The van der Waals surface area contributed by atoms with Crippen LogP contribution in [-0.4, -0.2) is 9.13 Å². The van der Waals surface area contributed by atoms with Crippen molar-refractivity contribution in [1.29, 1.82) is 0 Å². The van der Waals surface area contributed by atoms with E-state index in [9.17, 15) is 0 Å². The van der Waals surface area contributed by atoms with Gasteiger partial charge in [0.25, 0.3) is 0 Å². The second kappa shape index (κ2) is 18.1. The molecule has 2 heterocycles. The van der Waals surface area contributed by atoms with Crippen LogP contribution in [-0.2, 0) is 5.41 Å². The lowest BCUT2D eigenvalue weighted by Gasteiger charge is -2.28. The quantitative estimate of drug-likeness (QED) is 0.140. The van der Waals surface area contributed by atoms with Gasteiger partial charge >= 0.3 is 0 Å². The number of rotatable bonds is 9. The molecule has 0 aliphatic heterocycles. The molecule has 78 heavy (non-hydrogen) atoms. The summed E-state index contributed by atoms with van der Waals surface area (Å²) in [5, 5.41) is 4.94. The summed E-state index contributed by atoms with van der Waals surface area (Å²) in [5.41, 5.74) is 25.0. The minimum absolute atomic E-state index is 0.135. The van der Waals surface area contributed by atoms with Gasteiger partial charge < -0.3 is 14.0 Å². The van der Waals surface area contributed by atoms with Gasteiger partial charge in [0.05, 0.1) is 22.1 Å². The summed E-state index contributed by atoms with van der Waals surface area (Å²) in [4.78, 5) is 2.42. The van der Waals surface area contributed by atoms with Crippen molar-refractivity contribution >= 4 is 60.7 Å². The Morgan fingerprint density at radius 1 is 0.256 bits per heavy atom. The molecule has 3 nitrogen and oxygen atoms in total.